The van der Waals surface area contributed by atoms with E-state index in [-0.39, 0.29) is 6.04 Å². The Balaban J connectivity index is 1.75. The van der Waals surface area contributed by atoms with Crippen LogP contribution in [0.5, 0.6) is 0 Å². The Bertz CT molecular complexity index is 494. The van der Waals surface area contributed by atoms with Crippen molar-refractivity contribution >= 4 is 23.0 Å². The zero-order valence-corrected chi connectivity index (χ0v) is 14.2. The molecule has 0 aromatic heterocycles. The van der Waals surface area contributed by atoms with E-state index in [9.17, 15) is 0 Å². The largest absolute Gasteiger partial charge is 0.383 e. The van der Waals surface area contributed by atoms with Gasteiger partial charge in [0.05, 0.1) is 6.61 Å². The Morgan fingerprint density at radius 3 is 2.64 bits per heavy atom. The van der Waals surface area contributed by atoms with Gasteiger partial charge in [0.1, 0.15) is 0 Å². The molecule has 0 heterocycles. The summed E-state index contributed by atoms with van der Waals surface area (Å²) in [6.07, 6.45) is 4.38. The Hall–Kier alpha value is -1.46. The highest BCUT2D eigenvalue weighted by Gasteiger charge is 2.19. The maximum absolute atomic E-state index is 5.23. The Kier molecular flexibility index (Phi) is 6.80. The summed E-state index contributed by atoms with van der Waals surface area (Å²) in [6.45, 7) is 2.65. The number of ether oxygens (including phenoxy) is 1. The average molecular weight is 319 g/mol. The molecule has 0 spiro atoms. The van der Waals surface area contributed by atoms with Crippen LogP contribution < -0.4 is 10.7 Å². The molecule has 1 aliphatic carbocycles. The van der Waals surface area contributed by atoms with E-state index >= 15 is 0 Å². The molecule has 4 nitrogen and oxygen atoms in total. The summed E-state index contributed by atoms with van der Waals surface area (Å²) in [5.41, 5.74) is 5.60. The van der Waals surface area contributed by atoms with Crippen LogP contribution in [-0.4, -0.2) is 30.6 Å². The van der Waals surface area contributed by atoms with Crippen LogP contribution in [0.3, 0.4) is 0 Å². The van der Waals surface area contributed by atoms with Gasteiger partial charge >= 0.3 is 0 Å². The van der Waals surface area contributed by atoms with Gasteiger partial charge in [0.2, 0.25) is 0 Å². The number of rotatable bonds is 5. The summed E-state index contributed by atoms with van der Waals surface area (Å²) in [5.74, 6) is 0.659. The minimum Gasteiger partial charge on any atom is -0.383 e. The number of nitrogens with zero attached hydrogens (tertiary/aromatic N) is 1. The van der Waals surface area contributed by atoms with Crippen LogP contribution in [0.25, 0.3) is 0 Å². The molecular formula is C17H25N3OS. The van der Waals surface area contributed by atoms with Crippen LogP contribution in [0.4, 0.5) is 0 Å². The van der Waals surface area contributed by atoms with Gasteiger partial charge in [-0.2, -0.15) is 5.10 Å². The van der Waals surface area contributed by atoms with Crippen molar-refractivity contribution in [2.75, 3.05) is 13.7 Å². The summed E-state index contributed by atoms with van der Waals surface area (Å²) in [4.78, 5) is 0. The first kappa shape index (κ1) is 16.9. The third kappa shape index (κ3) is 5.39. The van der Waals surface area contributed by atoms with Gasteiger partial charge in [-0.3, -0.25) is 5.43 Å². The number of benzene rings is 1. The van der Waals surface area contributed by atoms with Gasteiger partial charge in [-0.05, 0) is 56.3 Å². The molecule has 5 heteroatoms. The van der Waals surface area contributed by atoms with Crippen molar-refractivity contribution in [3.05, 3.63) is 35.9 Å². The first-order chi connectivity index (χ1) is 10.7. The van der Waals surface area contributed by atoms with Crippen LogP contribution in [-0.2, 0) is 4.74 Å². The van der Waals surface area contributed by atoms with Gasteiger partial charge < -0.3 is 10.1 Å². The van der Waals surface area contributed by atoms with E-state index in [4.69, 9.17) is 17.0 Å². The monoisotopic (exact) mass is 319 g/mol. The van der Waals surface area contributed by atoms with Gasteiger partial charge in [0.15, 0.2) is 5.11 Å². The molecule has 120 valence electrons. The van der Waals surface area contributed by atoms with E-state index in [0.717, 1.165) is 25.7 Å². The molecule has 0 saturated heterocycles. The summed E-state index contributed by atoms with van der Waals surface area (Å²) < 4.78 is 5.07. The van der Waals surface area contributed by atoms with Crippen molar-refractivity contribution < 1.29 is 4.74 Å². The number of methoxy groups -OCH3 is 1. The van der Waals surface area contributed by atoms with Crippen molar-refractivity contribution in [2.45, 2.75) is 44.6 Å². The molecule has 2 rings (SSSR count). The number of hydrazone groups is 1. The van der Waals surface area contributed by atoms with E-state index in [1.54, 1.807) is 7.11 Å². The number of hydrogen-bond donors (Lipinski definition) is 2. The second-order valence-corrected chi connectivity index (χ2v) is 6.21. The van der Waals surface area contributed by atoms with Gasteiger partial charge in [-0.15, -0.1) is 0 Å². The fourth-order valence-electron chi connectivity index (χ4n) is 2.80. The highest BCUT2D eigenvalue weighted by atomic mass is 32.1. The van der Waals surface area contributed by atoms with E-state index in [1.807, 2.05) is 6.92 Å². The minimum atomic E-state index is 0.180. The van der Waals surface area contributed by atoms with Crippen molar-refractivity contribution in [1.29, 1.82) is 0 Å². The molecule has 2 N–H and O–H groups in total. The maximum atomic E-state index is 5.23. The molecule has 0 bridgehead atoms. The highest BCUT2D eigenvalue weighted by molar-refractivity contribution is 7.80. The van der Waals surface area contributed by atoms with E-state index in [2.05, 4.69) is 46.2 Å². The molecular weight excluding hydrogens is 294 g/mol. The first-order valence-corrected chi connectivity index (χ1v) is 8.25. The Morgan fingerprint density at radius 2 is 2.00 bits per heavy atom. The van der Waals surface area contributed by atoms with Gasteiger partial charge in [-0.1, -0.05) is 30.3 Å². The normalized spacial score (nSPS) is 19.4. The van der Waals surface area contributed by atoms with Crippen LogP contribution in [0.1, 0.15) is 44.1 Å². The third-order valence-electron chi connectivity index (χ3n) is 3.94. The molecule has 1 aromatic rings. The Labute approximate surface area is 138 Å². The SMILES string of the molecule is COC[C@H](C)NC(=S)NN=C1CCC(c2ccccc2)CC1. The first-order valence-electron chi connectivity index (χ1n) is 7.85. The molecule has 1 saturated carbocycles. The molecule has 1 aromatic carbocycles. The average Bonchev–Trinajstić information content (AvgIpc) is 2.54. The maximum Gasteiger partial charge on any atom is 0.187 e. The fourth-order valence-corrected chi connectivity index (χ4v) is 3.05. The van der Waals surface area contributed by atoms with Gasteiger partial charge in [0.25, 0.3) is 0 Å². The van der Waals surface area contributed by atoms with Crippen LogP contribution in [0.15, 0.2) is 35.4 Å². The molecule has 0 amide bonds. The molecule has 1 atom stereocenters. The second-order valence-electron chi connectivity index (χ2n) is 5.80. The van der Waals surface area contributed by atoms with Gasteiger partial charge in [-0.25, -0.2) is 0 Å². The molecule has 1 aliphatic rings. The second kappa shape index (κ2) is 8.86. The van der Waals surface area contributed by atoms with Crippen molar-refractivity contribution in [3.8, 4) is 0 Å². The molecule has 0 aliphatic heterocycles. The van der Waals surface area contributed by atoms with Crippen molar-refractivity contribution in [2.24, 2.45) is 5.10 Å². The fraction of sp³-hybridized carbons (Fsp3) is 0.529. The van der Waals surface area contributed by atoms with Crippen LogP contribution >= 0.6 is 12.2 Å². The number of thiocarbonyl (C=S) groups is 1. The summed E-state index contributed by atoms with van der Waals surface area (Å²) >= 11 is 5.23. The van der Waals surface area contributed by atoms with E-state index in [1.165, 1.54) is 11.3 Å². The molecule has 0 radical (unpaired) electrons. The van der Waals surface area contributed by atoms with E-state index < -0.39 is 0 Å². The third-order valence-corrected chi connectivity index (χ3v) is 4.15. The molecule has 22 heavy (non-hydrogen) atoms. The predicted molar refractivity (Wildman–Crippen MR) is 95.3 cm³/mol. The summed E-state index contributed by atoms with van der Waals surface area (Å²) in [5, 5.41) is 8.15. The predicted octanol–water partition coefficient (Wildman–Crippen LogP) is 3.20. The lowest BCUT2D eigenvalue weighted by atomic mass is 9.83. The lowest BCUT2D eigenvalue weighted by Gasteiger charge is -2.23. The summed E-state index contributed by atoms with van der Waals surface area (Å²) in [6, 6.07) is 10.9. The van der Waals surface area contributed by atoms with Crippen LogP contribution in [0, 0.1) is 0 Å². The van der Waals surface area contributed by atoms with Crippen molar-refractivity contribution in [3.63, 3.8) is 0 Å². The minimum absolute atomic E-state index is 0.180. The van der Waals surface area contributed by atoms with E-state index in [0.29, 0.717) is 17.6 Å². The molecule has 0 unspecified atom stereocenters. The van der Waals surface area contributed by atoms with Gasteiger partial charge in [0, 0.05) is 18.9 Å². The van der Waals surface area contributed by atoms with Crippen molar-refractivity contribution in [1.82, 2.24) is 10.7 Å². The number of hydrogen-bond acceptors (Lipinski definition) is 3. The Morgan fingerprint density at radius 1 is 1.32 bits per heavy atom. The zero-order valence-electron chi connectivity index (χ0n) is 13.3. The standard InChI is InChI=1S/C17H25N3OS/c1-13(12-21-2)18-17(22)20-19-16-10-8-15(9-11-16)14-6-4-3-5-7-14/h3-7,13,15H,8-12H2,1-2H3,(H2,18,20,22)/t13-,15?/m0/s1. The summed E-state index contributed by atoms with van der Waals surface area (Å²) in [7, 11) is 1.68. The highest BCUT2D eigenvalue weighted by Crippen LogP contribution is 2.31. The zero-order chi connectivity index (χ0) is 15.8. The topological polar surface area (TPSA) is 45.6 Å². The molecule has 1 fully saturated rings. The quantitative estimate of drug-likeness (QED) is 0.646. The van der Waals surface area contributed by atoms with Crippen LogP contribution in [0.2, 0.25) is 0 Å². The lowest BCUT2D eigenvalue weighted by molar-refractivity contribution is 0.179. The number of nitrogens with one attached hydrogen (secondary N) is 2. The smallest absolute Gasteiger partial charge is 0.187 e. The lowest BCUT2D eigenvalue weighted by Crippen LogP contribution is -2.40.